The summed E-state index contributed by atoms with van der Waals surface area (Å²) in [5, 5.41) is 11.9. The Bertz CT molecular complexity index is 1160. The molecule has 0 saturated heterocycles. The maximum Gasteiger partial charge on any atom is 0.273 e. The number of nitrogens with one attached hydrogen (secondary N) is 2. The third-order valence-corrected chi connectivity index (χ3v) is 5.81. The highest BCUT2D eigenvalue weighted by Crippen LogP contribution is 2.41. The molecule has 9 heteroatoms. The van der Waals surface area contributed by atoms with Gasteiger partial charge in [-0.2, -0.15) is 0 Å². The van der Waals surface area contributed by atoms with Crippen molar-refractivity contribution in [2.24, 2.45) is 5.92 Å². The first kappa shape index (κ1) is 16.9. The van der Waals surface area contributed by atoms with E-state index in [1.54, 1.807) is 13.1 Å². The van der Waals surface area contributed by atoms with Crippen LogP contribution in [0.4, 0.5) is 0 Å². The molecule has 144 valence electrons. The number of nitrogens with zero attached hydrogens (tertiary/aromatic N) is 5. The lowest BCUT2D eigenvalue weighted by Gasteiger charge is -2.15. The summed E-state index contributed by atoms with van der Waals surface area (Å²) < 4.78 is 7.23. The SMILES string of the molecule is CC[C@@H]1C[C@H](NC(=O)c2ncoc2C)C[C@@H]1c1nnc2cnc3[nH]ccc3n12. The van der Waals surface area contributed by atoms with Crippen LogP contribution in [0.25, 0.3) is 16.8 Å². The summed E-state index contributed by atoms with van der Waals surface area (Å²) in [6, 6.07) is 2.06. The summed E-state index contributed by atoms with van der Waals surface area (Å²) >= 11 is 0. The molecule has 28 heavy (non-hydrogen) atoms. The van der Waals surface area contributed by atoms with Crippen LogP contribution in [0.5, 0.6) is 0 Å². The van der Waals surface area contributed by atoms with Crippen molar-refractivity contribution in [1.29, 1.82) is 0 Å². The average molecular weight is 379 g/mol. The first-order valence-electron chi connectivity index (χ1n) is 9.53. The number of carbonyl (C=O) groups is 1. The highest BCUT2D eigenvalue weighted by molar-refractivity contribution is 5.93. The van der Waals surface area contributed by atoms with Crippen LogP contribution in [0.15, 0.2) is 29.3 Å². The highest BCUT2D eigenvalue weighted by atomic mass is 16.3. The third-order valence-electron chi connectivity index (χ3n) is 5.81. The second kappa shape index (κ2) is 6.43. The van der Waals surface area contributed by atoms with Crippen LogP contribution >= 0.6 is 0 Å². The number of hydrogen-bond acceptors (Lipinski definition) is 6. The zero-order valence-corrected chi connectivity index (χ0v) is 15.7. The second-order valence-corrected chi connectivity index (χ2v) is 7.40. The van der Waals surface area contributed by atoms with E-state index in [1.807, 2.05) is 12.3 Å². The first-order chi connectivity index (χ1) is 13.7. The van der Waals surface area contributed by atoms with Crippen LogP contribution in [0.1, 0.15) is 54.2 Å². The van der Waals surface area contributed by atoms with Gasteiger partial charge in [-0.15, -0.1) is 10.2 Å². The quantitative estimate of drug-likeness (QED) is 0.563. The summed E-state index contributed by atoms with van der Waals surface area (Å²) in [7, 11) is 0. The van der Waals surface area contributed by atoms with Gasteiger partial charge in [-0.1, -0.05) is 13.3 Å². The number of oxazole rings is 1. The molecule has 1 aliphatic carbocycles. The monoisotopic (exact) mass is 379 g/mol. The molecule has 0 aliphatic heterocycles. The second-order valence-electron chi connectivity index (χ2n) is 7.40. The molecule has 1 fully saturated rings. The molecule has 0 radical (unpaired) electrons. The number of rotatable bonds is 4. The molecule has 3 atom stereocenters. The summed E-state index contributed by atoms with van der Waals surface area (Å²) in [6.45, 7) is 3.92. The van der Waals surface area contributed by atoms with Crippen LogP contribution in [-0.2, 0) is 0 Å². The normalized spacial score (nSPS) is 22.3. The Hall–Kier alpha value is -3.23. The van der Waals surface area contributed by atoms with E-state index >= 15 is 0 Å². The third kappa shape index (κ3) is 2.57. The molecule has 0 bridgehead atoms. The maximum atomic E-state index is 12.5. The van der Waals surface area contributed by atoms with Crippen molar-refractivity contribution in [3.8, 4) is 0 Å². The Morgan fingerprint density at radius 3 is 3.04 bits per heavy atom. The Kier molecular flexibility index (Phi) is 3.88. The van der Waals surface area contributed by atoms with Crippen LogP contribution in [-0.4, -0.2) is 41.5 Å². The summed E-state index contributed by atoms with van der Waals surface area (Å²) in [5.74, 6) is 1.91. The van der Waals surface area contributed by atoms with Crippen molar-refractivity contribution in [1.82, 2.24) is 34.9 Å². The number of aromatic amines is 1. The predicted molar refractivity (Wildman–Crippen MR) is 101 cm³/mol. The minimum Gasteiger partial charge on any atom is -0.448 e. The number of hydrogen-bond donors (Lipinski definition) is 2. The molecule has 0 aromatic carbocycles. The van der Waals surface area contributed by atoms with E-state index in [4.69, 9.17) is 4.42 Å². The standard InChI is InChI=1S/C19H21N7O2/c1-3-11-6-12(23-19(27)16-10(2)28-9-22-16)7-13(11)18-25-24-15-8-21-17-14(26(15)18)4-5-20-17/h4-5,8-9,11-13,20H,3,6-7H2,1-2H3,(H,23,27)/t11-,12+,13+/m1/s1. The molecule has 0 unspecified atom stereocenters. The fourth-order valence-electron chi connectivity index (χ4n) is 4.43. The molecule has 1 saturated carbocycles. The van der Waals surface area contributed by atoms with Gasteiger partial charge in [-0.3, -0.25) is 9.20 Å². The Balaban J connectivity index is 1.45. The fourth-order valence-corrected chi connectivity index (χ4v) is 4.43. The lowest BCUT2D eigenvalue weighted by molar-refractivity contribution is 0.0931. The van der Waals surface area contributed by atoms with Crippen LogP contribution in [0, 0.1) is 12.8 Å². The van der Waals surface area contributed by atoms with Gasteiger partial charge in [0, 0.05) is 18.2 Å². The number of amides is 1. The van der Waals surface area contributed by atoms with Gasteiger partial charge in [0.2, 0.25) is 0 Å². The maximum absolute atomic E-state index is 12.5. The number of aromatic nitrogens is 6. The molecule has 4 heterocycles. The molecule has 2 N–H and O–H groups in total. The lowest BCUT2D eigenvalue weighted by atomic mass is 9.93. The van der Waals surface area contributed by atoms with E-state index in [-0.39, 0.29) is 17.9 Å². The highest BCUT2D eigenvalue weighted by Gasteiger charge is 2.38. The lowest BCUT2D eigenvalue weighted by Crippen LogP contribution is -2.33. The minimum atomic E-state index is -0.185. The first-order valence-corrected chi connectivity index (χ1v) is 9.53. The van der Waals surface area contributed by atoms with Crippen LogP contribution < -0.4 is 5.32 Å². The molecule has 1 amide bonds. The Morgan fingerprint density at radius 2 is 2.25 bits per heavy atom. The van der Waals surface area contributed by atoms with E-state index in [0.29, 0.717) is 17.4 Å². The van der Waals surface area contributed by atoms with Gasteiger partial charge in [0.15, 0.2) is 23.4 Å². The van der Waals surface area contributed by atoms with Crippen molar-refractivity contribution in [3.63, 3.8) is 0 Å². The van der Waals surface area contributed by atoms with Crippen molar-refractivity contribution < 1.29 is 9.21 Å². The smallest absolute Gasteiger partial charge is 0.273 e. The molecule has 4 aromatic rings. The molecule has 1 aliphatic rings. The zero-order chi connectivity index (χ0) is 19.3. The summed E-state index contributed by atoms with van der Waals surface area (Å²) in [6.07, 6.45) is 7.63. The van der Waals surface area contributed by atoms with Crippen LogP contribution in [0.3, 0.4) is 0 Å². The van der Waals surface area contributed by atoms with E-state index in [0.717, 1.165) is 41.9 Å². The molecule has 5 rings (SSSR count). The summed E-state index contributed by atoms with van der Waals surface area (Å²) in [5.41, 5.74) is 2.87. The zero-order valence-electron chi connectivity index (χ0n) is 15.7. The van der Waals surface area contributed by atoms with Gasteiger partial charge in [0.05, 0.1) is 11.7 Å². The van der Waals surface area contributed by atoms with E-state index < -0.39 is 0 Å². The van der Waals surface area contributed by atoms with Crippen molar-refractivity contribution in [2.75, 3.05) is 0 Å². The number of fused-ring (bicyclic) bond motifs is 3. The molecule has 4 aromatic heterocycles. The van der Waals surface area contributed by atoms with E-state index in [1.165, 1.54) is 6.39 Å². The number of carbonyl (C=O) groups excluding carboxylic acids is 1. The van der Waals surface area contributed by atoms with Gasteiger partial charge in [0.25, 0.3) is 5.91 Å². The van der Waals surface area contributed by atoms with E-state index in [9.17, 15) is 4.79 Å². The molecular formula is C19H21N7O2. The number of aryl methyl sites for hydroxylation is 1. The molecule has 0 spiro atoms. The van der Waals surface area contributed by atoms with Gasteiger partial charge < -0.3 is 14.7 Å². The van der Waals surface area contributed by atoms with Gasteiger partial charge in [-0.25, -0.2) is 9.97 Å². The fraction of sp³-hybridized carbons (Fsp3) is 0.421. The van der Waals surface area contributed by atoms with Crippen molar-refractivity contribution >= 4 is 22.7 Å². The molecule has 9 nitrogen and oxygen atoms in total. The average Bonchev–Trinajstić information content (AvgIpc) is 3.45. The Labute approximate surface area is 160 Å². The minimum absolute atomic E-state index is 0.0643. The van der Waals surface area contributed by atoms with Gasteiger partial charge in [0.1, 0.15) is 11.6 Å². The van der Waals surface area contributed by atoms with Crippen molar-refractivity contribution in [3.05, 3.63) is 42.1 Å². The summed E-state index contributed by atoms with van der Waals surface area (Å²) in [4.78, 5) is 24.1. The van der Waals surface area contributed by atoms with Gasteiger partial charge in [-0.05, 0) is 31.7 Å². The largest absolute Gasteiger partial charge is 0.448 e. The predicted octanol–water partition coefficient (Wildman–Crippen LogP) is 2.60. The van der Waals surface area contributed by atoms with E-state index in [2.05, 4.69) is 41.8 Å². The topological polar surface area (TPSA) is 114 Å². The van der Waals surface area contributed by atoms with Crippen LogP contribution in [0.2, 0.25) is 0 Å². The van der Waals surface area contributed by atoms with Gasteiger partial charge >= 0.3 is 0 Å². The number of H-pyrrole nitrogens is 1. The van der Waals surface area contributed by atoms with Crippen molar-refractivity contribution in [2.45, 2.75) is 45.1 Å². The Morgan fingerprint density at radius 1 is 1.36 bits per heavy atom. The molecular weight excluding hydrogens is 358 g/mol.